The van der Waals surface area contributed by atoms with Crippen LogP contribution in [0.3, 0.4) is 0 Å². The van der Waals surface area contributed by atoms with Crippen molar-refractivity contribution in [3.8, 4) is 0 Å². The van der Waals surface area contributed by atoms with E-state index in [4.69, 9.17) is 30.5 Å². The summed E-state index contributed by atoms with van der Waals surface area (Å²) in [6.45, 7) is 5.55. The van der Waals surface area contributed by atoms with Crippen LogP contribution in [0.2, 0.25) is 4.34 Å². The zero-order valence-electron chi connectivity index (χ0n) is 21.1. The summed E-state index contributed by atoms with van der Waals surface area (Å²) in [5, 5.41) is 0. The van der Waals surface area contributed by atoms with E-state index in [-0.39, 0.29) is 19.6 Å². The number of hydrogen-bond acceptors (Lipinski definition) is 9. The molecule has 38 heavy (non-hydrogen) atoms. The van der Waals surface area contributed by atoms with Gasteiger partial charge in [0.15, 0.2) is 0 Å². The molecule has 208 valence electrons. The summed E-state index contributed by atoms with van der Waals surface area (Å²) in [5.41, 5.74) is -2.69. The molecule has 0 aliphatic carbocycles. The average Bonchev–Trinajstić information content (AvgIpc) is 3.57. The molecule has 1 N–H and O–H groups in total. The third-order valence-corrected chi connectivity index (χ3v) is 7.23. The molecule has 2 aliphatic heterocycles. The van der Waals surface area contributed by atoms with Crippen molar-refractivity contribution in [1.29, 1.82) is 0 Å². The first-order valence-electron chi connectivity index (χ1n) is 12.1. The largest absolute Gasteiger partial charge is 0.461 e. The van der Waals surface area contributed by atoms with Crippen LogP contribution in [-0.2, 0) is 30.3 Å². The Morgan fingerprint density at radius 2 is 2.05 bits per heavy atom. The zero-order valence-corrected chi connectivity index (χ0v) is 22.7. The second kappa shape index (κ2) is 11.6. The van der Waals surface area contributed by atoms with Crippen LogP contribution >= 0.6 is 22.9 Å². The minimum absolute atomic E-state index is 0.125. The van der Waals surface area contributed by atoms with Crippen molar-refractivity contribution < 1.29 is 32.9 Å². The van der Waals surface area contributed by atoms with Crippen molar-refractivity contribution in [2.45, 2.75) is 76.7 Å². The molecule has 4 atom stereocenters. The Morgan fingerprint density at radius 3 is 2.74 bits per heavy atom. The van der Waals surface area contributed by atoms with Gasteiger partial charge in [-0.15, -0.1) is 11.3 Å². The summed E-state index contributed by atoms with van der Waals surface area (Å²) >= 11 is 7.33. The molecule has 0 radical (unpaired) electrons. The highest BCUT2D eigenvalue weighted by Crippen LogP contribution is 2.32. The van der Waals surface area contributed by atoms with Gasteiger partial charge in [0.1, 0.15) is 30.6 Å². The van der Waals surface area contributed by atoms with Crippen molar-refractivity contribution in [2.24, 2.45) is 0 Å². The molecule has 2 aliphatic rings. The van der Waals surface area contributed by atoms with E-state index in [0.29, 0.717) is 23.7 Å². The molecule has 14 heteroatoms. The van der Waals surface area contributed by atoms with Crippen LogP contribution in [-0.4, -0.2) is 63.5 Å². The summed E-state index contributed by atoms with van der Waals surface area (Å²) in [5.74, 6) is -1.76. The molecular formula is C24H29ClFN3O8S. The predicted octanol–water partition coefficient (Wildman–Crippen LogP) is 3.21. The molecule has 1 amide bonds. The van der Waals surface area contributed by atoms with E-state index in [0.717, 1.165) is 15.6 Å². The van der Waals surface area contributed by atoms with Gasteiger partial charge in [0.05, 0.1) is 23.2 Å². The van der Waals surface area contributed by atoms with Gasteiger partial charge in [0, 0.05) is 17.8 Å². The number of aromatic nitrogens is 2. The lowest BCUT2D eigenvalue weighted by Gasteiger charge is -2.28. The number of likely N-dealkylation sites (tertiary alicyclic amines) is 1. The average molecular weight is 574 g/mol. The number of carbonyl (C=O) groups is 2. The summed E-state index contributed by atoms with van der Waals surface area (Å²) in [6.07, 6.45) is -1.07. The zero-order chi connectivity index (χ0) is 27.6. The number of carbonyl (C=O) groups excluding carboxylic acids is 2. The number of nitrogens with zero attached hydrogens (tertiary/aromatic N) is 2. The third kappa shape index (κ3) is 6.82. The van der Waals surface area contributed by atoms with Crippen LogP contribution in [0.25, 0.3) is 0 Å². The van der Waals surface area contributed by atoms with E-state index in [9.17, 15) is 23.6 Å². The second-order valence-electron chi connectivity index (χ2n) is 10.0. The van der Waals surface area contributed by atoms with E-state index in [1.807, 2.05) is 11.1 Å². The highest BCUT2D eigenvalue weighted by atomic mass is 35.5. The van der Waals surface area contributed by atoms with Crippen molar-refractivity contribution in [2.75, 3.05) is 13.2 Å². The first-order chi connectivity index (χ1) is 17.9. The van der Waals surface area contributed by atoms with Crippen LogP contribution in [0, 0.1) is 5.82 Å². The second-order valence-corrected chi connectivity index (χ2v) is 11.8. The number of H-pyrrole nitrogens is 1. The first kappa shape index (κ1) is 28.3. The van der Waals surface area contributed by atoms with Gasteiger partial charge in [-0.2, -0.15) is 4.39 Å². The predicted molar refractivity (Wildman–Crippen MR) is 135 cm³/mol. The Morgan fingerprint density at radius 1 is 1.29 bits per heavy atom. The van der Waals surface area contributed by atoms with Crippen LogP contribution in [0.15, 0.2) is 27.9 Å². The number of rotatable bonds is 7. The van der Waals surface area contributed by atoms with E-state index in [1.165, 1.54) is 16.2 Å². The Balaban J connectivity index is 1.45. The van der Waals surface area contributed by atoms with Gasteiger partial charge >= 0.3 is 17.8 Å². The van der Waals surface area contributed by atoms with Crippen LogP contribution in [0.1, 0.15) is 51.1 Å². The normalized spacial score (nSPS) is 23.6. The quantitative estimate of drug-likeness (QED) is 0.500. The Hall–Kier alpha value is -2.74. The molecule has 0 bridgehead atoms. The maximum atomic E-state index is 13.9. The topological polar surface area (TPSA) is 129 Å². The van der Waals surface area contributed by atoms with Gasteiger partial charge in [-0.25, -0.2) is 14.4 Å². The maximum absolute atomic E-state index is 13.9. The van der Waals surface area contributed by atoms with Gasteiger partial charge < -0.3 is 18.9 Å². The molecule has 11 nitrogen and oxygen atoms in total. The number of halogens is 2. The van der Waals surface area contributed by atoms with Gasteiger partial charge in [-0.1, -0.05) is 11.6 Å². The SMILES string of the molecule is CC(C)(C)OC(=O)N1CCC[C@H]1C(=O)OC[C@H]1O[C@@H](n2cc(F)c(=O)[nH]c2=O)C[C@@H]1OCc1ccc(Cl)s1. The molecule has 2 fully saturated rings. The van der Waals surface area contributed by atoms with E-state index < -0.39 is 59.2 Å². The van der Waals surface area contributed by atoms with Gasteiger partial charge in [-0.05, 0) is 45.7 Å². The fraction of sp³-hybridized carbons (Fsp3) is 0.583. The Bertz CT molecular complexity index is 1290. The molecule has 2 aromatic rings. The van der Waals surface area contributed by atoms with Crippen molar-refractivity contribution in [1.82, 2.24) is 14.5 Å². The molecule has 2 aromatic heterocycles. The lowest BCUT2D eigenvalue weighted by Crippen LogP contribution is -2.44. The molecule has 0 unspecified atom stereocenters. The number of esters is 1. The van der Waals surface area contributed by atoms with E-state index in [2.05, 4.69) is 0 Å². The summed E-state index contributed by atoms with van der Waals surface area (Å²) in [7, 11) is 0. The fourth-order valence-corrected chi connectivity index (χ4v) is 5.31. The number of amides is 1. The monoisotopic (exact) mass is 573 g/mol. The minimum Gasteiger partial charge on any atom is -0.461 e. The Labute approximate surface area is 226 Å². The summed E-state index contributed by atoms with van der Waals surface area (Å²) in [4.78, 5) is 53.3. The van der Waals surface area contributed by atoms with E-state index in [1.54, 1.807) is 26.8 Å². The summed E-state index contributed by atoms with van der Waals surface area (Å²) < 4.78 is 38.3. The fourth-order valence-electron chi connectivity index (χ4n) is 4.30. The third-order valence-electron chi connectivity index (χ3n) is 6.03. The number of thiophene rings is 1. The van der Waals surface area contributed by atoms with Crippen molar-refractivity contribution >= 4 is 35.0 Å². The van der Waals surface area contributed by atoms with Gasteiger partial charge in [-0.3, -0.25) is 19.2 Å². The van der Waals surface area contributed by atoms with Crippen LogP contribution in [0.4, 0.5) is 9.18 Å². The van der Waals surface area contributed by atoms with Crippen molar-refractivity contribution in [3.05, 3.63) is 54.2 Å². The van der Waals surface area contributed by atoms with Gasteiger partial charge in [0.25, 0.3) is 5.56 Å². The summed E-state index contributed by atoms with van der Waals surface area (Å²) in [6, 6.07) is 2.74. The molecule has 4 rings (SSSR count). The lowest BCUT2D eigenvalue weighted by molar-refractivity contribution is -0.156. The Kier molecular flexibility index (Phi) is 8.60. The molecule has 2 saturated heterocycles. The first-order valence-corrected chi connectivity index (χ1v) is 13.3. The smallest absolute Gasteiger partial charge is 0.411 e. The number of ether oxygens (including phenoxy) is 4. The highest BCUT2D eigenvalue weighted by molar-refractivity contribution is 7.16. The molecule has 4 heterocycles. The number of hydrogen-bond donors (Lipinski definition) is 1. The number of nitrogens with one attached hydrogen (secondary N) is 1. The molecular weight excluding hydrogens is 545 g/mol. The lowest BCUT2D eigenvalue weighted by atomic mass is 10.2. The number of aromatic amines is 1. The van der Waals surface area contributed by atoms with Crippen LogP contribution in [0.5, 0.6) is 0 Å². The maximum Gasteiger partial charge on any atom is 0.411 e. The molecule has 0 saturated carbocycles. The standard InChI is InChI=1S/C24H29ClFN3O8S/c1-24(2,3)37-23(33)28-8-4-5-15(28)21(31)35-12-17-16(34-11-13-6-7-18(25)38-13)9-19(36-17)29-10-14(26)20(30)27-22(29)32/h6-7,10,15-17,19H,4-5,8-9,11-12H2,1-3H3,(H,27,30,32)/t15-,16-,17+,19+/m0/s1. The molecule has 0 spiro atoms. The molecule has 0 aromatic carbocycles. The van der Waals surface area contributed by atoms with Gasteiger partial charge in [0.2, 0.25) is 5.82 Å². The highest BCUT2D eigenvalue weighted by Gasteiger charge is 2.41. The minimum atomic E-state index is -1.14. The van der Waals surface area contributed by atoms with Crippen molar-refractivity contribution in [3.63, 3.8) is 0 Å². The van der Waals surface area contributed by atoms with Crippen LogP contribution < -0.4 is 11.2 Å². The van der Waals surface area contributed by atoms with E-state index >= 15 is 0 Å².